The number of oxime groups is 1. The van der Waals surface area contributed by atoms with Crippen LogP contribution in [0.4, 0.5) is 26.3 Å². The second-order valence-corrected chi connectivity index (χ2v) is 3.95. The maximum Gasteiger partial charge on any atom is 0.428 e. The molecule has 0 bridgehead atoms. The first kappa shape index (κ1) is 13.7. The molecule has 0 aliphatic carbocycles. The van der Waals surface area contributed by atoms with E-state index in [4.69, 9.17) is 0 Å². The fraction of sp³-hybridized carbons (Fsp3) is 0.364. The Morgan fingerprint density at radius 3 is 2.00 bits per heavy atom. The quantitative estimate of drug-likeness (QED) is 0.719. The van der Waals surface area contributed by atoms with Crippen molar-refractivity contribution < 1.29 is 31.2 Å². The molecule has 1 aliphatic rings. The van der Waals surface area contributed by atoms with Gasteiger partial charge in [-0.3, -0.25) is 0 Å². The van der Waals surface area contributed by atoms with Crippen molar-refractivity contribution in [1.82, 2.24) is 0 Å². The largest absolute Gasteiger partial charge is 0.428 e. The Morgan fingerprint density at radius 1 is 1.00 bits per heavy atom. The number of benzene rings is 1. The molecule has 2 nitrogen and oxygen atoms in total. The summed E-state index contributed by atoms with van der Waals surface area (Å²) in [6, 6.07) is 3.73. The first-order chi connectivity index (χ1) is 8.68. The third-order valence-electron chi connectivity index (χ3n) is 2.58. The number of alkyl halides is 6. The smallest absolute Gasteiger partial charge is 0.382 e. The third-order valence-corrected chi connectivity index (χ3v) is 2.58. The first-order valence-electron chi connectivity index (χ1n) is 5.15. The van der Waals surface area contributed by atoms with Gasteiger partial charge in [-0.05, 0) is 17.7 Å². The van der Waals surface area contributed by atoms with Gasteiger partial charge in [0.1, 0.15) is 0 Å². The predicted molar refractivity (Wildman–Crippen MR) is 53.5 cm³/mol. The van der Waals surface area contributed by atoms with E-state index >= 15 is 0 Å². The Morgan fingerprint density at radius 2 is 1.58 bits per heavy atom. The molecule has 1 aromatic carbocycles. The molecule has 0 aromatic heterocycles. The SMILES string of the molecule is FC(F)(F)c1ccc(C2=NOC(C(F)(F)F)C2)cc1. The summed E-state index contributed by atoms with van der Waals surface area (Å²) in [5.41, 5.74) is -0.709. The van der Waals surface area contributed by atoms with Crippen molar-refractivity contribution in [2.75, 3.05) is 0 Å². The van der Waals surface area contributed by atoms with Gasteiger partial charge >= 0.3 is 12.4 Å². The number of rotatable bonds is 1. The van der Waals surface area contributed by atoms with Gasteiger partial charge in [-0.25, -0.2) is 0 Å². The van der Waals surface area contributed by atoms with Crippen LogP contribution in [0.1, 0.15) is 17.5 Å². The zero-order valence-electron chi connectivity index (χ0n) is 9.22. The molecule has 104 valence electrons. The fourth-order valence-corrected chi connectivity index (χ4v) is 1.58. The van der Waals surface area contributed by atoms with Crippen LogP contribution in [0, 0.1) is 0 Å². The van der Waals surface area contributed by atoms with Crippen LogP contribution in [0.15, 0.2) is 29.4 Å². The molecule has 1 aliphatic heterocycles. The Balaban J connectivity index is 2.13. The molecular weight excluding hydrogens is 276 g/mol. The molecule has 0 radical (unpaired) electrons. The van der Waals surface area contributed by atoms with Gasteiger partial charge < -0.3 is 4.84 Å². The van der Waals surface area contributed by atoms with E-state index in [0.717, 1.165) is 24.3 Å². The maximum atomic E-state index is 12.3. The minimum absolute atomic E-state index is 0.0175. The van der Waals surface area contributed by atoms with E-state index in [2.05, 4.69) is 9.99 Å². The van der Waals surface area contributed by atoms with Gasteiger partial charge in [-0.1, -0.05) is 17.3 Å². The summed E-state index contributed by atoms with van der Waals surface area (Å²) in [4.78, 5) is 4.22. The average Bonchev–Trinajstić information content (AvgIpc) is 2.77. The summed E-state index contributed by atoms with van der Waals surface area (Å²) in [5, 5.41) is 3.26. The Kier molecular flexibility index (Phi) is 3.19. The summed E-state index contributed by atoms with van der Waals surface area (Å²) < 4.78 is 73.9. The zero-order chi connectivity index (χ0) is 14.3. The van der Waals surface area contributed by atoms with Gasteiger partial charge in [0.05, 0.1) is 11.3 Å². The van der Waals surface area contributed by atoms with Crippen LogP contribution < -0.4 is 0 Å². The molecule has 0 N–H and O–H groups in total. The zero-order valence-corrected chi connectivity index (χ0v) is 9.22. The molecule has 1 atom stereocenters. The lowest BCUT2D eigenvalue weighted by molar-refractivity contribution is -0.212. The molecule has 0 saturated carbocycles. The monoisotopic (exact) mass is 283 g/mol. The summed E-state index contributed by atoms with van der Waals surface area (Å²) in [7, 11) is 0. The van der Waals surface area contributed by atoms with Crippen molar-refractivity contribution in [3.63, 3.8) is 0 Å². The van der Waals surface area contributed by atoms with E-state index in [0.29, 0.717) is 0 Å². The molecule has 1 aromatic rings. The Labute approximate surface area is 103 Å². The van der Waals surface area contributed by atoms with E-state index in [9.17, 15) is 26.3 Å². The van der Waals surface area contributed by atoms with Gasteiger partial charge in [0, 0.05) is 6.42 Å². The molecule has 0 saturated heterocycles. The van der Waals surface area contributed by atoms with Gasteiger partial charge in [-0.15, -0.1) is 0 Å². The van der Waals surface area contributed by atoms with Crippen molar-refractivity contribution in [3.8, 4) is 0 Å². The van der Waals surface area contributed by atoms with Crippen molar-refractivity contribution in [2.45, 2.75) is 24.9 Å². The summed E-state index contributed by atoms with van der Waals surface area (Å²) >= 11 is 0. The molecular formula is C11H7F6NO. The minimum atomic E-state index is -4.54. The van der Waals surface area contributed by atoms with E-state index in [1.165, 1.54) is 0 Å². The number of nitrogens with zero attached hydrogens (tertiary/aromatic N) is 1. The van der Waals surface area contributed by atoms with Crippen LogP contribution in [-0.4, -0.2) is 18.0 Å². The fourth-order valence-electron chi connectivity index (χ4n) is 1.58. The highest BCUT2D eigenvalue weighted by molar-refractivity contribution is 6.01. The normalized spacial score (nSPS) is 20.1. The molecule has 0 spiro atoms. The molecule has 2 rings (SSSR count). The lowest BCUT2D eigenvalue weighted by atomic mass is 10.0. The Hall–Kier alpha value is -1.73. The Bertz CT molecular complexity index is 487. The van der Waals surface area contributed by atoms with Crippen molar-refractivity contribution in [1.29, 1.82) is 0 Å². The van der Waals surface area contributed by atoms with Crippen LogP contribution >= 0.6 is 0 Å². The van der Waals surface area contributed by atoms with Gasteiger partial charge in [0.25, 0.3) is 0 Å². The van der Waals surface area contributed by atoms with Crippen LogP contribution in [0.25, 0.3) is 0 Å². The molecule has 8 heteroatoms. The summed E-state index contributed by atoms with van der Waals surface area (Å²) in [6.07, 6.45) is -11.6. The van der Waals surface area contributed by atoms with E-state index < -0.39 is 30.4 Å². The van der Waals surface area contributed by atoms with Crippen molar-refractivity contribution in [2.24, 2.45) is 5.16 Å². The second-order valence-electron chi connectivity index (χ2n) is 3.95. The number of hydrogen-bond acceptors (Lipinski definition) is 2. The second kappa shape index (κ2) is 4.43. The molecule has 1 heterocycles. The highest BCUT2D eigenvalue weighted by atomic mass is 19.4. The van der Waals surface area contributed by atoms with Gasteiger partial charge in [0.2, 0.25) is 6.10 Å². The summed E-state index contributed by atoms with van der Waals surface area (Å²) in [5.74, 6) is 0. The van der Waals surface area contributed by atoms with Crippen LogP contribution in [0.3, 0.4) is 0 Å². The van der Waals surface area contributed by atoms with Crippen LogP contribution in [-0.2, 0) is 11.0 Å². The van der Waals surface area contributed by atoms with Gasteiger partial charge in [0.15, 0.2) is 0 Å². The van der Waals surface area contributed by atoms with Crippen LogP contribution in [0.2, 0.25) is 0 Å². The van der Waals surface area contributed by atoms with Crippen molar-refractivity contribution >= 4 is 5.71 Å². The molecule has 1 unspecified atom stereocenters. The van der Waals surface area contributed by atoms with Gasteiger partial charge in [-0.2, -0.15) is 26.3 Å². The highest BCUT2D eigenvalue weighted by Gasteiger charge is 2.45. The average molecular weight is 283 g/mol. The third kappa shape index (κ3) is 2.99. The summed E-state index contributed by atoms with van der Waals surface area (Å²) in [6.45, 7) is 0. The topological polar surface area (TPSA) is 21.6 Å². The van der Waals surface area contributed by atoms with Crippen LogP contribution in [0.5, 0.6) is 0 Å². The molecule has 0 fully saturated rings. The lowest BCUT2D eigenvalue weighted by Gasteiger charge is -2.11. The standard InChI is InChI=1S/C11H7F6NO/c12-10(13,14)7-3-1-6(2-4-7)8-5-9(19-18-8)11(15,16)17/h1-4,9H,5H2. The molecule has 19 heavy (non-hydrogen) atoms. The highest BCUT2D eigenvalue weighted by Crippen LogP contribution is 2.32. The predicted octanol–water partition coefficient (Wildman–Crippen LogP) is 3.76. The first-order valence-corrected chi connectivity index (χ1v) is 5.15. The van der Waals surface area contributed by atoms with E-state index in [-0.39, 0.29) is 11.3 Å². The maximum absolute atomic E-state index is 12.3. The van der Waals surface area contributed by atoms with E-state index in [1.807, 2.05) is 0 Å². The number of halogens is 6. The van der Waals surface area contributed by atoms with Crippen molar-refractivity contribution in [3.05, 3.63) is 35.4 Å². The minimum Gasteiger partial charge on any atom is -0.382 e. The van der Waals surface area contributed by atoms with E-state index in [1.54, 1.807) is 0 Å². The molecule has 0 amide bonds. The number of hydrogen-bond donors (Lipinski definition) is 0. The lowest BCUT2D eigenvalue weighted by Crippen LogP contribution is -2.28.